The molecule has 0 atom stereocenters. The normalized spacial score (nSPS) is 11.5. The van der Waals surface area contributed by atoms with Gasteiger partial charge in [0.15, 0.2) is 5.82 Å². The van der Waals surface area contributed by atoms with Crippen LogP contribution in [0.1, 0.15) is 41.7 Å². The van der Waals surface area contributed by atoms with Crippen molar-refractivity contribution in [2.24, 2.45) is 0 Å². The van der Waals surface area contributed by atoms with E-state index in [1.807, 2.05) is 4.68 Å². The van der Waals surface area contributed by atoms with E-state index in [1.165, 1.54) is 16.8 Å². The van der Waals surface area contributed by atoms with Crippen LogP contribution >= 0.6 is 0 Å². The Hall–Kier alpha value is -2.54. The average Bonchev–Trinajstić information content (AvgIpc) is 3.15. The number of aromatic nitrogens is 6. The maximum atomic E-state index is 4.78. The Bertz CT molecular complexity index is 878. The van der Waals surface area contributed by atoms with E-state index < -0.39 is 0 Å². The monoisotopic (exact) mass is 353 g/mol. The standard InChI is InChI=1S/C19H27N7/c1-6-11-25-19(20-22-23-25)13-24(5)12-17-15(3)21-26(16(17)4)18-10-8-7-9-14(18)2/h7-10H,6,11-13H2,1-5H3. The molecular weight excluding hydrogens is 326 g/mol. The lowest BCUT2D eigenvalue weighted by Crippen LogP contribution is -2.21. The topological polar surface area (TPSA) is 64.7 Å². The van der Waals surface area contributed by atoms with E-state index >= 15 is 0 Å². The van der Waals surface area contributed by atoms with Crippen molar-refractivity contribution in [2.45, 2.75) is 53.8 Å². The van der Waals surface area contributed by atoms with E-state index in [0.29, 0.717) is 6.54 Å². The van der Waals surface area contributed by atoms with Gasteiger partial charge >= 0.3 is 0 Å². The van der Waals surface area contributed by atoms with Crippen molar-refractivity contribution in [1.82, 2.24) is 34.9 Å². The first kappa shape index (κ1) is 18.3. The first-order chi connectivity index (χ1) is 12.5. The first-order valence-electron chi connectivity index (χ1n) is 9.06. The molecular formula is C19H27N7. The van der Waals surface area contributed by atoms with Gasteiger partial charge in [0.25, 0.3) is 0 Å². The zero-order chi connectivity index (χ0) is 18.7. The molecule has 2 heterocycles. The fraction of sp³-hybridized carbons (Fsp3) is 0.474. The summed E-state index contributed by atoms with van der Waals surface area (Å²) >= 11 is 0. The largest absolute Gasteiger partial charge is 0.295 e. The summed E-state index contributed by atoms with van der Waals surface area (Å²) in [5.74, 6) is 0.899. The lowest BCUT2D eigenvalue weighted by molar-refractivity contribution is 0.300. The Morgan fingerprint density at radius 2 is 1.85 bits per heavy atom. The molecule has 26 heavy (non-hydrogen) atoms. The summed E-state index contributed by atoms with van der Waals surface area (Å²) in [6.45, 7) is 10.8. The highest BCUT2D eigenvalue weighted by atomic mass is 15.5. The maximum absolute atomic E-state index is 4.78. The van der Waals surface area contributed by atoms with Gasteiger partial charge < -0.3 is 0 Å². The Balaban J connectivity index is 1.80. The summed E-state index contributed by atoms with van der Waals surface area (Å²) in [4.78, 5) is 2.23. The third kappa shape index (κ3) is 3.67. The molecule has 0 spiro atoms. The Labute approximate surface area is 154 Å². The lowest BCUT2D eigenvalue weighted by atomic mass is 10.1. The molecule has 3 aromatic rings. The van der Waals surface area contributed by atoms with Crippen LogP contribution in [0.4, 0.5) is 0 Å². The van der Waals surface area contributed by atoms with Crippen LogP contribution in [0.25, 0.3) is 5.69 Å². The summed E-state index contributed by atoms with van der Waals surface area (Å²) in [5.41, 5.74) is 5.85. The third-order valence-electron chi connectivity index (χ3n) is 4.67. The van der Waals surface area contributed by atoms with Crippen LogP contribution in [0, 0.1) is 20.8 Å². The van der Waals surface area contributed by atoms with Gasteiger partial charge in [0, 0.05) is 24.3 Å². The van der Waals surface area contributed by atoms with Crippen LogP contribution < -0.4 is 0 Å². The third-order valence-corrected chi connectivity index (χ3v) is 4.67. The summed E-state index contributed by atoms with van der Waals surface area (Å²) in [6.07, 6.45) is 1.02. The van der Waals surface area contributed by atoms with Crippen molar-refractivity contribution in [3.63, 3.8) is 0 Å². The quantitative estimate of drug-likeness (QED) is 0.653. The maximum Gasteiger partial charge on any atom is 0.165 e. The fourth-order valence-electron chi connectivity index (χ4n) is 3.23. The molecule has 0 aliphatic carbocycles. The molecule has 138 valence electrons. The SMILES string of the molecule is CCCn1nnnc1CN(C)Cc1c(C)nn(-c2ccccc2C)c1C. The Kier molecular flexibility index (Phi) is 5.46. The van der Waals surface area contributed by atoms with Crippen molar-refractivity contribution in [3.8, 4) is 5.69 Å². The van der Waals surface area contributed by atoms with E-state index in [2.05, 4.69) is 84.1 Å². The molecule has 7 heteroatoms. The molecule has 0 radical (unpaired) electrons. The van der Waals surface area contributed by atoms with Crippen molar-refractivity contribution in [3.05, 3.63) is 52.6 Å². The molecule has 0 aliphatic rings. The molecule has 0 aliphatic heterocycles. The number of nitrogens with zero attached hydrogens (tertiary/aromatic N) is 7. The Morgan fingerprint density at radius 3 is 2.58 bits per heavy atom. The minimum absolute atomic E-state index is 0.710. The molecule has 0 amide bonds. The molecule has 0 fully saturated rings. The summed E-state index contributed by atoms with van der Waals surface area (Å²) in [7, 11) is 2.09. The number of hydrogen-bond acceptors (Lipinski definition) is 5. The summed E-state index contributed by atoms with van der Waals surface area (Å²) < 4.78 is 3.93. The molecule has 1 aromatic carbocycles. The zero-order valence-corrected chi connectivity index (χ0v) is 16.3. The number of aryl methyl sites for hydroxylation is 3. The van der Waals surface area contributed by atoms with Gasteiger partial charge in [0.05, 0.1) is 17.9 Å². The van der Waals surface area contributed by atoms with Crippen molar-refractivity contribution in [2.75, 3.05) is 7.05 Å². The van der Waals surface area contributed by atoms with Gasteiger partial charge in [-0.2, -0.15) is 5.10 Å². The van der Waals surface area contributed by atoms with E-state index in [4.69, 9.17) is 5.10 Å². The van der Waals surface area contributed by atoms with Crippen LogP contribution in [0.15, 0.2) is 24.3 Å². The number of benzene rings is 1. The van der Waals surface area contributed by atoms with Crippen LogP contribution in [0.2, 0.25) is 0 Å². The molecule has 0 N–H and O–H groups in total. The smallest absolute Gasteiger partial charge is 0.165 e. The number of hydrogen-bond donors (Lipinski definition) is 0. The van der Waals surface area contributed by atoms with Crippen LogP contribution in [-0.2, 0) is 19.6 Å². The van der Waals surface area contributed by atoms with Gasteiger partial charge in [-0.3, -0.25) is 4.90 Å². The predicted octanol–water partition coefficient (Wildman–Crippen LogP) is 2.83. The highest BCUT2D eigenvalue weighted by Crippen LogP contribution is 2.21. The zero-order valence-electron chi connectivity index (χ0n) is 16.3. The molecule has 3 rings (SSSR count). The number of rotatable bonds is 7. The first-order valence-corrected chi connectivity index (χ1v) is 9.06. The second kappa shape index (κ2) is 7.78. The highest BCUT2D eigenvalue weighted by molar-refractivity contribution is 5.42. The summed E-state index contributed by atoms with van der Waals surface area (Å²) in [6, 6.07) is 8.34. The van der Waals surface area contributed by atoms with E-state index in [0.717, 1.165) is 36.7 Å². The van der Waals surface area contributed by atoms with Gasteiger partial charge in [0.1, 0.15) is 0 Å². The van der Waals surface area contributed by atoms with Crippen molar-refractivity contribution in [1.29, 1.82) is 0 Å². The van der Waals surface area contributed by atoms with Crippen LogP contribution in [-0.4, -0.2) is 41.9 Å². The lowest BCUT2D eigenvalue weighted by Gasteiger charge is -2.16. The molecule has 0 unspecified atom stereocenters. The van der Waals surface area contributed by atoms with Crippen LogP contribution in [0.5, 0.6) is 0 Å². The van der Waals surface area contributed by atoms with Gasteiger partial charge in [0.2, 0.25) is 0 Å². The van der Waals surface area contributed by atoms with Gasteiger partial charge in [-0.15, -0.1) is 5.10 Å². The average molecular weight is 353 g/mol. The van der Waals surface area contributed by atoms with Gasteiger partial charge in [-0.25, -0.2) is 9.36 Å². The Morgan fingerprint density at radius 1 is 1.08 bits per heavy atom. The van der Waals surface area contributed by atoms with Crippen molar-refractivity contribution < 1.29 is 0 Å². The molecule has 0 bridgehead atoms. The second-order valence-corrected chi connectivity index (χ2v) is 6.84. The molecule has 0 saturated heterocycles. The number of para-hydroxylation sites is 1. The summed E-state index contributed by atoms with van der Waals surface area (Å²) in [5, 5.41) is 16.8. The minimum atomic E-state index is 0.710. The van der Waals surface area contributed by atoms with Crippen LogP contribution in [0.3, 0.4) is 0 Å². The van der Waals surface area contributed by atoms with Gasteiger partial charge in [-0.1, -0.05) is 25.1 Å². The predicted molar refractivity (Wildman–Crippen MR) is 101 cm³/mol. The molecule has 2 aromatic heterocycles. The molecule has 7 nitrogen and oxygen atoms in total. The van der Waals surface area contributed by atoms with E-state index in [-0.39, 0.29) is 0 Å². The van der Waals surface area contributed by atoms with E-state index in [9.17, 15) is 0 Å². The second-order valence-electron chi connectivity index (χ2n) is 6.84. The number of tetrazole rings is 1. The van der Waals surface area contributed by atoms with Gasteiger partial charge in [-0.05, 0) is 56.3 Å². The van der Waals surface area contributed by atoms with Crippen molar-refractivity contribution >= 4 is 0 Å². The van der Waals surface area contributed by atoms with E-state index in [1.54, 1.807) is 0 Å². The minimum Gasteiger partial charge on any atom is -0.295 e. The fourth-order valence-corrected chi connectivity index (χ4v) is 3.23. The highest BCUT2D eigenvalue weighted by Gasteiger charge is 2.17. The molecule has 0 saturated carbocycles.